The molecule has 1 fully saturated rings. The van der Waals surface area contributed by atoms with Crippen LogP contribution in [0.3, 0.4) is 0 Å². The highest BCUT2D eigenvalue weighted by Gasteiger charge is 2.26. The molecule has 0 spiro atoms. The van der Waals surface area contributed by atoms with Gasteiger partial charge in [0, 0.05) is 19.0 Å². The number of hydrogen-bond acceptors (Lipinski definition) is 3. The van der Waals surface area contributed by atoms with Gasteiger partial charge in [0.1, 0.15) is 0 Å². The molecule has 0 aromatic rings. The molecule has 0 aromatic heterocycles. The third-order valence-electron chi connectivity index (χ3n) is 3.86. The first kappa shape index (κ1) is 13.9. The van der Waals surface area contributed by atoms with Crippen LogP contribution in [0.15, 0.2) is 0 Å². The summed E-state index contributed by atoms with van der Waals surface area (Å²) in [6.45, 7) is 8.01. The van der Waals surface area contributed by atoms with Gasteiger partial charge in [-0.2, -0.15) is 0 Å². The summed E-state index contributed by atoms with van der Waals surface area (Å²) < 4.78 is 0. The van der Waals surface area contributed by atoms with Gasteiger partial charge in [-0.25, -0.2) is 0 Å². The fourth-order valence-corrected chi connectivity index (χ4v) is 2.39. The Bertz CT molecular complexity index is 177. The van der Waals surface area contributed by atoms with E-state index >= 15 is 0 Å². The third-order valence-corrected chi connectivity index (χ3v) is 3.86. The molecule has 1 rings (SSSR count). The lowest BCUT2D eigenvalue weighted by Gasteiger charge is -2.31. The van der Waals surface area contributed by atoms with Crippen molar-refractivity contribution in [2.75, 3.05) is 13.1 Å². The van der Waals surface area contributed by atoms with Gasteiger partial charge in [0.25, 0.3) is 0 Å². The van der Waals surface area contributed by atoms with E-state index in [9.17, 15) is 5.11 Å². The fraction of sp³-hybridized carbons (Fsp3) is 1.00. The molecule has 1 heterocycles. The van der Waals surface area contributed by atoms with E-state index in [0.717, 1.165) is 25.4 Å². The van der Waals surface area contributed by atoms with E-state index in [2.05, 4.69) is 17.8 Å². The van der Waals surface area contributed by atoms with Crippen molar-refractivity contribution in [2.45, 2.75) is 58.5 Å². The molecule has 96 valence electrons. The Morgan fingerprint density at radius 2 is 1.75 bits per heavy atom. The minimum atomic E-state index is -0.571. The van der Waals surface area contributed by atoms with Crippen molar-refractivity contribution in [1.82, 2.24) is 10.9 Å². The topological polar surface area (TPSA) is 44.3 Å². The first-order chi connectivity index (χ1) is 7.54. The zero-order valence-corrected chi connectivity index (χ0v) is 11.1. The van der Waals surface area contributed by atoms with Gasteiger partial charge in [-0.3, -0.25) is 10.9 Å². The van der Waals surface area contributed by atoms with Gasteiger partial charge >= 0.3 is 0 Å². The van der Waals surface area contributed by atoms with Crippen LogP contribution in [0.5, 0.6) is 0 Å². The van der Waals surface area contributed by atoms with E-state index in [1.54, 1.807) is 0 Å². The maximum atomic E-state index is 10.1. The summed E-state index contributed by atoms with van der Waals surface area (Å²) in [5.41, 5.74) is 5.99. The summed E-state index contributed by atoms with van der Waals surface area (Å²) in [5.74, 6) is 1.14. The molecule has 0 amide bonds. The van der Waals surface area contributed by atoms with E-state index in [0.29, 0.717) is 5.92 Å². The van der Waals surface area contributed by atoms with Gasteiger partial charge < -0.3 is 5.11 Å². The predicted octanol–water partition coefficient (Wildman–Crippen LogP) is 2.07. The van der Waals surface area contributed by atoms with Crippen molar-refractivity contribution in [3.63, 3.8) is 0 Å². The van der Waals surface area contributed by atoms with Crippen LogP contribution in [0.4, 0.5) is 0 Å². The molecule has 0 aliphatic carbocycles. The summed E-state index contributed by atoms with van der Waals surface area (Å²) in [4.78, 5) is 0. The Kier molecular flexibility index (Phi) is 5.73. The SMILES string of the molecule is CCC1CCCC[C@@H](C(C)(C)O)CNNC1. The van der Waals surface area contributed by atoms with Crippen molar-refractivity contribution in [3.8, 4) is 0 Å². The third kappa shape index (κ3) is 4.81. The average molecular weight is 228 g/mol. The van der Waals surface area contributed by atoms with Crippen molar-refractivity contribution in [3.05, 3.63) is 0 Å². The molecule has 1 aliphatic rings. The number of hydrogen-bond donors (Lipinski definition) is 3. The Balaban J connectivity index is 2.41. The molecular weight excluding hydrogens is 200 g/mol. The molecule has 2 atom stereocenters. The molecule has 0 aromatic carbocycles. The van der Waals surface area contributed by atoms with Gasteiger partial charge in [-0.05, 0) is 32.6 Å². The molecule has 0 bridgehead atoms. The lowest BCUT2D eigenvalue weighted by Crippen LogP contribution is -2.45. The molecule has 16 heavy (non-hydrogen) atoms. The lowest BCUT2D eigenvalue weighted by molar-refractivity contribution is 0.00994. The molecule has 3 nitrogen and oxygen atoms in total. The van der Waals surface area contributed by atoms with Gasteiger partial charge in [0.15, 0.2) is 0 Å². The van der Waals surface area contributed by atoms with Crippen LogP contribution in [0.2, 0.25) is 0 Å². The normalized spacial score (nSPS) is 30.0. The highest BCUT2D eigenvalue weighted by Crippen LogP contribution is 2.23. The van der Waals surface area contributed by atoms with Crippen molar-refractivity contribution < 1.29 is 5.11 Å². The second-order valence-corrected chi connectivity index (χ2v) is 5.67. The first-order valence-corrected chi connectivity index (χ1v) is 6.72. The highest BCUT2D eigenvalue weighted by atomic mass is 16.3. The minimum Gasteiger partial charge on any atom is -0.390 e. The molecule has 0 radical (unpaired) electrons. The van der Waals surface area contributed by atoms with E-state index in [-0.39, 0.29) is 0 Å². The van der Waals surface area contributed by atoms with Crippen LogP contribution >= 0.6 is 0 Å². The zero-order valence-electron chi connectivity index (χ0n) is 11.1. The monoisotopic (exact) mass is 228 g/mol. The van der Waals surface area contributed by atoms with E-state index in [4.69, 9.17) is 0 Å². The number of nitrogens with one attached hydrogen (secondary N) is 2. The minimum absolute atomic E-state index is 0.346. The molecule has 0 saturated carbocycles. The van der Waals surface area contributed by atoms with Gasteiger partial charge in [-0.15, -0.1) is 0 Å². The zero-order chi connectivity index (χ0) is 12.0. The molecule has 1 unspecified atom stereocenters. The second kappa shape index (κ2) is 6.58. The molecule has 1 saturated heterocycles. The Labute approximate surface area is 100.0 Å². The van der Waals surface area contributed by atoms with Crippen molar-refractivity contribution >= 4 is 0 Å². The Hall–Kier alpha value is -0.120. The van der Waals surface area contributed by atoms with Crippen LogP contribution in [0, 0.1) is 11.8 Å². The molecule has 3 heteroatoms. The Morgan fingerprint density at radius 1 is 1.12 bits per heavy atom. The van der Waals surface area contributed by atoms with Crippen molar-refractivity contribution in [2.24, 2.45) is 11.8 Å². The summed E-state index contributed by atoms with van der Waals surface area (Å²) >= 11 is 0. The second-order valence-electron chi connectivity index (χ2n) is 5.67. The highest BCUT2D eigenvalue weighted by molar-refractivity contribution is 4.79. The van der Waals surface area contributed by atoms with Gasteiger partial charge in [0.2, 0.25) is 0 Å². The largest absolute Gasteiger partial charge is 0.390 e. The molecule has 3 N–H and O–H groups in total. The standard InChI is InChI=1S/C13H28N2O/c1-4-11-7-5-6-8-12(13(2,3)16)10-15-14-9-11/h11-12,14-16H,4-10H2,1-3H3/t11?,12-/m1/s1. The van der Waals surface area contributed by atoms with E-state index in [1.165, 1.54) is 25.7 Å². The maximum absolute atomic E-state index is 10.1. The summed E-state index contributed by atoms with van der Waals surface area (Å²) in [5, 5.41) is 10.1. The first-order valence-electron chi connectivity index (χ1n) is 6.72. The number of aliphatic hydroxyl groups is 1. The van der Waals surface area contributed by atoms with Crippen LogP contribution < -0.4 is 10.9 Å². The predicted molar refractivity (Wildman–Crippen MR) is 68.0 cm³/mol. The van der Waals surface area contributed by atoms with Gasteiger partial charge in [-0.1, -0.05) is 26.2 Å². The average Bonchev–Trinajstić information content (AvgIpc) is 2.23. The van der Waals surface area contributed by atoms with Crippen LogP contribution in [-0.4, -0.2) is 23.8 Å². The van der Waals surface area contributed by atoms with Gasteiger partial charge in [0.05, 0.1) is 5.60 Å². The van der Waals surface area contributed by atoms with Crippen LogP contribution in [0.1, 0.15) is 52.9 Å². The fourth-order valence-electron chi connectivity index (χ4n) is 2.39. The van der Waals surface area contributed by atoms with Crippen LogP contribution in [0.25, 0.3) is 0 Å². The van der Waals surface area contributed by atoms with E-state index in [1.807, 2.05) is 13.8 Å². The number of rotatable bonds is 2. The Morgan fingerprint density at radius 3 is 2.38 bits per heavy atom. The van der Waals surface area contributed by atoms with Crippen LogP contribution in [-0.2, 0) is 0 Å². The number of hydrazine groups is 1. The summed E-state index contributed by atoms with van der Waals surface area (Å²) in [6, 6.07) is 0. The summed E-state index contributed by atoms with van der Waals surface area (Å²) in [6.07, 6.45) is 6.22. The maximum Gasteiger partial charge on any atom is 0.0632 e. The molecular formula is C13H28N2O. The quantitative estimate of drug-likeness (QED) is 0.678. The summed E-state index contributed by atoms with van der Waals surface area (Å²) in [7, 11) is 0. The van der Waals surface area contributed by atoms with E-state index < -0.39 is 5.60 Å². The molecule has 1 aliphatic heterocycles. The smallest absolute Gasteiger partial charge is 0.0632 e. The van der Waals surface area contributed by atoms with Crippen molar-refractivity contribution in [1.29, 1.82) is 0 Å². The lowest BCUT2D eigenvalue weighted by atomic mass is 9.85.